The van der Waals surface area contributed by atoms with Gasteiger partial charge in [-0.3, -0.25) is 4.68 Å². The van der Waals surface area contributed by atoms with E-state index in [9.17, 15) is 4.79 Å². The van der Waals surface area contributed by atoms with Crippen LogP contribution in [0, 0.1) is 5.41 Å². The average Bonchev–Trinajstić information content (AvgIpc) is 3.15. The summed E-state index contributed by atoms with van der Waals surface area (Å²) in [5, 5.41) is 12.0. The number of aromatic nitrogens is 2. The molecule has 2 aromatic rings. The Morgan fingerprint density at radius 3 is 2.85 bits per heavy atom. The van der Waals surface area contributed by atoms with Crippen LogP contribution in [0.25, 0.3) is 16.7 Å². The van der Waals surface area contributed by atoms with Crippen molar-refractivity contribution in [2.75, 3.05) is 20.3 Å². The summed E-state index contributed by atoms with van der Waals surface area (Å²) in [7, 11) is 1.35. The molecule has 0 amide bonds. The van der Waals surface area contributed by atoms with Crippen LogP contribution in [0.4, 0.5) is 0 Å². The van der Waals surface area contributed by atoms with Crippen LogP contribution in [0.3, 0.4) is 0 Å². The van der Waals surface area contributed by atoms with Gasteiger partial charge in [-0.2, -0.15) is 5.10 Å². The van der Waals surface area contributed by atoms with E-state index in [0.29, 0.717) is 24.4 Å². The summed E-state index contributed by atoms with van der Waals surface area (Å²) < 4.78 is 12.2. The maximum Gasteiger partial charge on any atom is 0.359 e. The summed E-state index contributed by atoms with van der Waals surface area (Å²) in [6.45, 7) is 1.37. The van der Waals surface area contributed by atoms with Crippen LogP contribution in [0.2, 0.25) is 0 Å². The van der Waals surface area contributed by atoms with Gasteiger partial charge in [0.1, 0.15) is 0 Å². The van der Waals surface area contributed by atoms with Gasteiger partial charge in [0.15, 0.2) is 5.69 Å². The molecule has 0 spiro atoms. The summed E-state index contributed by atoms with van der Waals surface area (Å²) in [5.74, 6) is -0.474. The van der Waals surface area contributed by atoms with E-state index in [1.165, 1.54) is 19.5 Å². The van der Waals surface area contributed by atoms with Crippen LogP contribution in [-0.2, 0) is 9.47 Å². The maximum atomic E-state index is 12.2. The molecule has 1 aromatic heterocycles. The molecule has 26 heavy (non-hydrogen) atoms. The Hall–Kier alpha value is -2.93. The van der Waals surface area contributed by atoms with E-state index < -0.39 is 5.97 Å². The number of rotatable bonds is 5. The van der Waals surface area contributed by atoms with Crippen LogP contribution in [0.1, 0.15) is 34.9 Å². The number of carbonyl (C=O) groups is 1. The second-order valence-corrected chi connectivity index (χ2v) is 6.05. The van der Waals surface area contributed by atoms with Gasteiger partial charge in [0, 0.05) is 43.0 Å². The second-order valence-electron chi connectivity index (χ2n) is 6.05. The van der Waals surface area contributed by atoms with Crippen LogP contribution in [0.15, 0.2) is 36.7 Å². The first-order valence-corrected chi connectivity index (χ1v) is 8.46. The molecule has 0 bridgehead atoms. The van der Waals surface area contributed by atoms with Crippen LogP contribution in [0.5, 0.6) is 0 Å². The van der Waals surface area contributed by atoms with E-state index in [2.05, 4.69) is 5.10 Å². The summed E-state index contributed by atoms with van der Waals surface area (Å²) in [6, 6.07) is 7.73. The molecule has 0 saturated carbocycles. The molecule has 1 saturated heterocycles. The fraction of sp³-hybridized carbons (Fsp3) is 0.316. The Morgan fingerprint density at radius 1 is 1.42 bits per heavy atom. The highest BCUT2D eigenvalue weighted by molar-refractivity contribution is 6.08. The zero-order chi connectivity index (χ0) is 18.5. The third-order valence-corrected chi connectivity index (χ3v) is 4.52. The van der Waals surface area contributed by atoms with Gasteiger partial charge in [-0.05, 0) is 30.0 Å². The van der Waals surface area contributed by atoms with Crippen molar-refractivity contribution in [3.05, 3.63) is 47.9 Å². The summed E-state index contributed by atoms with van der Waals surface area (Å²) in [5.41, 5.74) is 8.79. The van der Waals surface area contributed by atoms with Crippen LogP contribution < -0.4 is 5.73 Å². The number of nitrogens with one attached hydrogen (secondary N) is 1. The zero-order valence-corrected chi connectivity index (χ0v) is 14.6. The Morgan fingerprint density at radius 2 is 2.19 bits per heavy atom. The molecule has 1 fully saturated rings. The Balaban J connectivity index is 2.05. The molecular weight excluding hydrogens is 332 g/mol. The Labute approximate surface area is 151 Å². The van der Waals surface area contributed by atoms with Crippen molar-refractivity contribution < 1.29 is 14.3 Å². The van der Waals surface area contributed by atoms with Crippen molar-refractivity contribution in [2.45, 2.75) is 18.9 Å². The highest BCUT2D eigenvalue weighted by atomic mass is 16.5. The third-order valence-electron chi connectivity index (χ3n) is 4.52. The van der Waals surface area contributed by atoms with Gasteiger partial charge >= 0.3 is 5.97 Å². The van der Waals surface area contributed by atoms with E-state index in [1.54, 1.807) is 0 Å². The molecule has 7 nitrogen and oxygen atoms in total. The molecular formula is C19H22N4O3. The molecule has 1 aliphatic rings. The summed E-state index contributed by atoms with van der Waals surface area (Å²) >= 11 is 0. The van der Waals surface area contributed by atoms with Gasteiger partial charge in [0.2, 0.25) is 0 Å². The smallest absolute Gasteiger partial charge is 0.359 e. The lowest BCUT2D eigenvalue weighted by Crippen LogP contribution is -2.20. The minimum Gasteiger partial charge on any atom is -0.464 e. The lowest BCUT2D eigenvalue weighted by Gasteiger charge is -2.22. The molecule has 0 radical (unpaired) electrons. The van der Waals surface area contributed by atoms with Crippen LogP contribution in [-0.4, -0.2) is 42.3 Å². The number of allylic oxidation sites excluding steroid dienone is 1. The first-order valence-electron chi connectivity index (χ1n) is 8.46. The van der Waals surface area contributed by atoms with Crippen LogP contribution >= 0.6 is 0 Å². The fourth-order valence-corrected chi connectivity index (χ4v) is 3.08. The molecule has 0 unspecified atom stereocenters. The van der Waals surface area contributed by atoms with Gasteiger partial charge in [-0.1, -0.05) is 18.2 Å². The largest absolute Gasteiger partial charge is 0.464 e. The molecule has 7 heteroatoms. The van der Waals surface area contributed by atoms with E-state index in [4.69, 9.17) is 20.6 Å². The second kappa shape index (κ2) is 7.97. The number of carbonyl (C=O) groups excluding carboxylic acids is 1. The first kappa shape index (κ1) is 17.9. The van der Waals surface area contributed by atoms with E-state index in [-0.39, 0.29) is 11.7 Å². The van der Waals surface area contributed by atoms with E-state index in [0.717, 1.165) is 24.0 Å². The molecule has 3 N–H and O–H groups in total. The molecule has 0 atom stereocenters. The van der Waals surface area contributed by atoms with Gasteiger partial charge in [-0.15, -0.1) is 0 Å². The zero-order valence-electron chi connectivity index (χ0n) is 14.6. The maximum absolute atomic E-state index is 12.2. The number of hydrogen-bond acceptors (Lipinski definition) is 6. The molecule has 136 valence electrons. The van der Waals surface area contributed by atoms with Crippen molar-refractivity contribution in [3.8, 4) is 11.1 Å². The van der Waals surface area contributed by atoms with E-state index >= 15 is 0 Å². The number of ether oxygens (including phenoxy) is 2. The SMILES string of the molecule is COC(=O)c1nn(C2CCOCC2)cc1-c1cccc(/C(C=N)=C/N)c1. The Bertz CT molecular complexity index is 835. The summed E-state index contributed by atoms with van der Waals surface area (Å²) in [4.78, 5) is 12.2. The van der Waals surface area contributed by atoms with Crippen molar-refractivity contribution in [2.24, 2.45) is 5.73 Å². The number of benzene rings is 1. The fourth-order valence-electron chi connectivity index (χ4n) is 3.08. The predicted octanol–water partition coefficient (Wildman–Crippen LogP) is 2.64. The molecule has 2 heterocycles. The number of nitrogens with two attached hydrogens (primary N) is 1. The highest BCUT2D eigenvalue weighted by Crippen LogP contribution is 2.29. The van der Waals surface area contributed by atoms with Gasteiger partial charge in [0.05, 0.1) is 13.2 Å². The highest BCUT2D eigenvalue weighted by Gasteiger charge is 2.23. The lowest BCUT2D eigenvalue weighted by molar-refractivity contribution is 0.0583. The Kier molecular flexibility index (Phi) is 5.48. The van der Waals surface area contributed by atoms with E-state index in [1.807, 2.05) is 35.1 Å². The first-order chi connectivity index (χ1) is 12.7. The van der Waals surface area contributed by atoms with Crippen molar-refractivity contribution >= 4 is 17.8 Å². The number of esters is 1. The third kappa shape index (κ3) is 3.52. The lowest BCUT2D eigenvalue weighted by atomic mass is 10.00. The normalized spacial score (nSPS) is 15.7. The summed E-state index contributed by atoms with van der Waals surface area (Å²) in [6.07, 6.45) is 6.19. The predicted molar refractivity (Wildman–Crippen MR) is 99.0 cm³/mol. The quantitative estimate of drug-likeness (QED) is 0.634. The van der Waals surface area contributed by atoms with Crippen molar-refractivity contribution in [1.82, 2.24) is 9.78 Å². The van der Waals surface area contributed by atoms with Gasteiger partial charge in [0.25, 0.3) is 0 Å². The number of hydrogen-bond donors (Lipinski definition) is 2. The molecule has 0 aliphatic carbocycles. The number of nitrogens with zero attached hydrogens (tertiary/aromatic N) is 2. The van der Waals surface area contributed by atoms with Gasteiger partial charge < -0.3 is 20.6 Å². The molecule has 3 rings (SSSR count). The monoisotopic (exact) mass is 354 g/mol. The van der Waals surface area contributed by atoms with Gasteiger partial charge in [-0.25, -0.2) is 4.79 Å². The van der Waals surface area contributed by atoms with Crippen molar-refractivity contribution in [3.63, 3.8) is 0 Å². The molecule has 1 aliphatic heterocycles. The average molecular weight is 354 g/mol. The number of methoxy groups -OCH3 is 1. The minimum atomic E-state index is -0.474. The molecule has 1 aromatic carbocycles. The van der Waals surface area contributed by atoms with Crippen molar-refractivity contribution in [1.29, 1.82) is 5.41 Å². The minimum absolute atomic E-state index is 0.199. The standard InChI is InChI=1S/C19H22N4O3/c1-25-19(24)18-17(12-23(22-18)16-5-7-26-8-6-16)14-4-2-3-13(9-14)15(10-20)11-21/h2-4,9-12,16,20H,5-8,21H2,1H3/b15-11+,20-10?. The topological polar surface area (TPSA) is 103 Å².